The number of hydrogen-bond acceptors (Lipinski definition) is 4. The van der Waals surface area contributed by atoms with Crippen LogP contribution in [0.25, 0.3) is 0 Å². The predicted molar refractivity (Wildman–Crippen MR) is 117 cm³/mol. The zero-order chi connectivity index (χ0) is 21.7. The van der Waals surface area contributed by atoms with Crippen LogP contribution in [0, 0.1) is 12.3 Å². The van der Waals surface area contributed by atoms with Gasteiger partial charge in [-0.1, -0.05) is 66.7 Å². The molecule has 3 atom stereocenters. The molecule has 0 spiro atoms. The van der Waals surface area contributed by atoms with Crippen LogP contribution < -0.4 is 0 Å². The number of ether oxygens (including phenoxy) is 2. The van der Waals surface area contributed by atoms with Gasteiger partial charge in [-0.2, -0.15) is 0 Å². The second-order valence-electron chi connectivity index (χ2n) is 8.21. The fourth-order valence-electron chi connectivity index (χ4n) is 4.07. The summed E-state index contributed by atoms with van der Waals surface area (Å²) in [5.74, 6) is -0.836. The molecule has 1 aliphatic heterocycles. The van der Waals surface area contributed by atoms with Crippen LogP contribution in [0.4, 0.5) is 0 Å². The number of aryl methyl sites for hydroxylation is 3. The topological polar surface area (TPSA) is 52.6 Å². The lowest BCUT2D eigenvalue weighted by Gasteiger charge is -2.42. The van der Waals surface area contributed by atoms with E-state index in [0.29, 0.717) is 24.8 Å². The number of ketones is 1. The van der Waals surface area contributed by atoms with Crippen molar-refractivity contribution in [1.82, 2.24) is 0 Å². The predicted octanol–water partition coefficient (Wildman–Crippen LogP) is 4.63. The van der Waals surface area contributed by atoms with Gasteiger partial charge < -0.3 is 9.47 Å². The Kier molecular flexibility index (Phi) is 6.88. The van der Waals surface area contributed by atoms with Gasteiger partial charge in [0.25, 0.3) is 0 Å². The molecule has 2 aromatic carbocycles. The SMILES string of the molecule is C=C1C(=O)[C@](C)(C(=O)OC)C(CCc2ccc(C)cc2)O[C@@H]1CCc1ccccc1. The molecule has 0 saturated carbocycles. The lowest BCUT2D eigenvalue weighted by Crippen LogP contribution is -2.55. The summed E-state index contributed by atoms with van der Waals surface area (Å²) in [5, 5.41) is 0. The van der Waals surface area contributed by atoms with Crippen LogP contribution in [0.2, 0.25) is 0 Å². The highest BCUT2D eigenvalue weighted by atomic mass is 16.5. The van der Waals surface area contributed by atoms with Crippen molar-refractivity contribution in [3.8, 4) is 0 Å². The zero-order valence-electron chi connectivity index (χ0n) is 18.0. The summed E-state index contributed by atoms with van der Waals surface area (Å²) in [4.78, 5) is 25.9. The fourth-order valence-corrected chi connectivity index (χ4v) is 4.07. The molecule has 1 heterocycles. The van der Waals surface area contributed by atoms with E-state index in [4.69, 9.17) is 9.47 Å². The normalized spacial score (nSPS) is 24.0. The number of hydrogen-bond donors (Lipinski definition) is 0. The van der Waals surface area contributed by atoms with Crippen LogP contribution in [-0.4, -0.2) is 31.1 Å². The van der Waals surface area contributed by atoms with Crippen molar-refractivity contribution in [3.63, 3.8) is 0 Å². The summed E-state index contributed by atoms with van der Waals surface area (Å²) in [6, 6.07) is 18.3. The van der Waals surface area contributed by atoms with Gasteiger partial charge in [0, 0.05) is 5.57 Å². The number of methoxy groups -OCH3 is 1. The standard InChI is InChI=1S/C26H30O4/c1-18-10-12-21(13-11-18)15-17-23-26(3,25(28)29-4)24(27)19(2)22(30-23)16-14-20-8-6-5-7-9-20/h5-13,22-23H,2,14-17H2,1,3-4H3/t22-,23?,26-/m1/s1. The van der Waals surface area contributed by atoms with Gasteiger partial charge in [0.2, 0.25) is 0 Å². The Morgan fingerprint density at radius 1 is 1.03 bits per heavy atom. The van der Waals surface area contributed by atoms with E-state index in [2.05, 4.69) is 43.0 Å². The largest absolute Gasteiger partial charge is 0.468 e. The van der Waals surface area contributed by atoms with Crippen LogP contribution in [0.15, 0.2) is 66.7 Å². The Morgan fingerprint density at radius 3 is 2.27 bits per heavy atom. The van der Waals surface area contributed by atoms with E-state index < -0.39 is 23.6 Å². The molecule has 1 unspecified atom stereocenters. The maximum atomic E-state index is 13.3. The van der Waals surface area contributed by atoms with Crippen LogP contribution >= 0.6 is 0 Å². The van der Waals surface area contributed by atoms with E-state index in [9.17, 15) is 9.59 Å². The number of esters is 1. The molecule has 4 heteroatoms. The Labute approximate surface area is 178 Å². The van der Waals surface area contributed by atoms with E-state index in [-0.39, 0.29) is 5.78 Å². The summed E-state index contributed by atoms with van der Waals surface area (Å²) in [6.07, 6.45) is 1.71. The quantitative estimate of drug-likeness (QED) is 0.382. The fraction of sp³-hybridized carbons (Fsp3) is 0.385. The minimum atomic E-state index is -1.38. The first kappa shape index (κ1) is 22.0. The van der Waals surface area contributed by atoms with Crippen LogP contribution in [0.3, 0.4) is 0 Å². The molecular formula is C26H30O4. The van der Waals surface area contributed by atoms with Gasteiger partial charge in [-0.25, -0.2) is 0 Å². The van der Waals surface area contributed by atoms with E-state index >= 15 is 0 Å². The molecular weight excluding hydrogens is 376 g/mol. The van der Waals surface area contributed by atoms with Crippen molar-refractivity contribution in [2.24, 2.45) is 5.41 Å². The van der Waals surface area contributed by atoms with Crippen molar-refractivity contribution in [1.29, 1.82) is 0 Å². The number of rotatable bonds is 7. The number of carbonyl (C=O) groups is 2. The molecule has 0 N–H and O–H groups in total. The number of carbonyl (C=O) groups excluding carboxylic acids is 2. The van der Waals surface area contributed by atoms with Crippen LogP contribution in [0.5, 0.6) is 0 Å². The Morgan fingerprint density at radius 2 is 1.63 bits per heavy atom. The summed E-state index contributed by atoms with van der Waals surface area (Å²) in [7, 11) is 1.31. The summed E-state index contributed by atoms with van der Waals surface area (Å²) in [6.45, 7) is 7.65. The van der Waals surface area contributed by atoms with E-state index in [1.54, 1.807) is 6.92 Å². The van der Waals surface area contributed by atoms with E-state index in [1.165, 1.54) is 18.2 Å². The minimum Gasteiger partial charge on any atom is -0.468 e. The summed E-state index contributed by atoms with van der Waals surface area (Å²) >= 11 is 0. The third-order valence-corrected chi connectivity index (χ3v) is 6.09. The van der Waals surface area contributed by atoms with Crippen molar-refractivity contribution in [2.75, 3.05) is 7.11 Å². The lowest BCUT2D eigenvalue weighted by molar-refractivity contribution is -0.176. The Balaban J connectivity index is 1.78. The molecule has 0 aromatic heterocycles. The van der Waals surface area contributed by atoms with Crippen molar-refractivity contribution in [2.45, 2.75) is 51.7 Å². The highest BCUT2D eigenvalue weighted by Crippen LogP contribution is 2.40. The van der Waals surface area contributed by atoms with Crippen LogP contribution in [-0.2, 0) is 31.9 Å². The summed E-state index contributed by atoms with van der Waals surface area (Å²) in [5.41, 5.74) is 2.50. The van der Waals surface area contributed by atoms with Crippen molar-refractivity contribution >= 4 is 11.8 Å². The van der Waals surface area contributed by atoms with Gasteiger partial charge in [0.05, 0.1) is 19.3 Å². The van der Waals surface area contributed by atoms with Gasteiger partial charge in [-0.15, -0.1) is 0 Å². The second-order valence-corrected chi connectivity index (χ2v) is 8.21. The highest BCUT2D eigenvalue weighted by molar-refractivity contribution is 6.13. The van der Waals surface area contributed by atoms with Gasteiger partial charge >= 0.3 is 5.97 Å². The smallest absolute Gasteiger partial charge is 0.322 e. The van der Waals surface area contributed by atoms with Gasteiger partial charge in [0.15, 0.2) is 11.2 Å². The molecule has 3 rings (SSSR count). The maximum absolute atomic E-state index is 13.3. The van der Waals surface area contributed by atoms with E-state index in [0.717, 1.165) is 12.0 Å². The minimum absolute atomic E-state index is 0.271. The summed E-state index contributed by atoms with van der Waals surface area (Å²) < 4.78 is 11.3. The van der Waals surface area contributed by atoms with E-state index in [1.807, 2.05) is 25.1 Å². The zero-order valence-corrected chi connectivity index (χ0v) is 18.0. The third-order valence-electron chi connectivity index (χ3n) is 6.09. The third kappa shape index (κ3) is 4.54. The molecule has 0 aliphatic carbocycles. The molecule has 1 saturated heterocycles. The monoisotopic (exact) mass is 406 g/mol. The van der Waals surface area contributed by atoms with Crippen LogP contribution in [0.1, 0.15) is 36.5 Å². The van der Waals surface area contributed by atoms with Gasteiger partial charge in [-0.05, 0) is 50.7 Å². The molecule has 1 aliphatic rings. The van der Waals surface area contributed by atoms with Gasteiger partial charge in [-0.3, -0.25) is 9.59 Å². The molecule has 1 fully saturated rings. The Hall–Kier alpha value is -2.72. The Bertz CT molecular complexity index is 900. The highest BCUT2D eigenvalue weighted by Gasteiger charge is 2.55. The average Bonchev–Trinajstić information content (AvgIpc) is 2.77. The van der Waals surface area contributed by atoms with Gasteiger partial charge in [0.1, 0.15) is 0 Å². The molecule has 4 nitrogen and oxygen atoms in total. The molecule has 30 heavy (non-hydrogen) atoms. The molecule has 158 valence electrons. The number of benzene rings is 2. The second kappa shape index (κ2) is 9.40. The molecule has 0 bridgehead atoms. The molecule has 2 aromatic rings. The van der Waals surface area contributed by atoms with Crippen molar-refractivity contribution in [3.05, 3.63) is 83.4 Å². The lowest BCUT2D eigenvalue weighted by atomic mass is 9.71. The first-order chi connectivity index (χ1) is 14.4. The van der Waals surface area contributed by atoms with Crippen molar-refractivity contribution < 1.29 is 19.1 Å². The maximum Gasteiger partial charge on any atom is 0.322 e. The molecule has 0 radical (unpaired) electrons. The first-order valence-electron chi connectivity index (χ1n) is 10.4. The molecule has 0 amide bonds. The average molecular weight is 407 g/mol. The first-order valence-corrected chi connectivity index (χ1v) is 10.4. The number of Topliss-reactive ketones (excluding diaryl/α,β-unsaturated/α-hetero) is 1.